The van der Waals surface area contributed by atoms with Crippen LogP contribution in [-0.2, 0) is 19.3 Å². The Morgan fingerprint density at radius 2 is 1.92 bits per heavy atom. The lowest BCUT2D eigenvalue weighted by atomic mass is 10.1. The number of rotatable bonds is 4. The number of aliphatic imine (C=N–C) groups is 1. The third kappa shape index (κ3) is 4.29. The summed E-state index contributed by atoms with van der Waals surface area (Å²) in [6, 6.07) is 9.84. The van der Waals surface area contributed by atoms with Crippen molar-refractivity contribution in [3.8, 4) is 0 Å². The molecule has 0 fully saturated rings. The molecule has 0 amide bonds. The van der Waals surface area contributed by atoms with Gasteiger partial charge in [0.15, 0.2) is 11.7 Å². The number of thiazole rings is 1. The van der Waals surface area contributed by atoms with Gasteiger partial charge in [-0.25, -0.2) is 4.98 Å². The monoisotopic (exact) mass is 379 g/mol. The van der Waals surface area contributed by atoms with Gasteiger partial charge >= 0.3 is 6.18 Å². The number of halogens is 3. The minimum Gasteiger partial charge on any atom is -0.351 e. The molecule has 5 nitrogen and oxygen atoms in total. The molecule has 3 aromatic rings. The molecule has 0 atom stereocenters. The van der Waals surface area contributed by atoms with Gasteiger partial charge in [-0.2, -0.15) is 13.2 Å². The van der Waals surface area contributed by atoms with E-state index in [1.165, 1.54) is 0 Å². The molecule has 2 heterocycles. The van der Waals surface area contributed by atoms with E-state index >= 15 is 0 Å². The van der Waals surface area contributed by atoms with Crippen molar-refractivity contribution in [3.05, 3.63) is 58.3 Å². The smallest absolute Gasteiger partial charge is 0.351 e. The van der Waals surface area contributed by atoms with Crippen LogP contribution >= 0.6 is 11.3 Å². The van der Waals surface area contributed by atoms with E-state index < -0.39 is 11.9 Å². The molecule has 26 heavy (non-hydrogen) atoms. The Hall–Kier alpha value is -2.68. The number of fused-ring (bicyclic) bond motifs is 1. The SMILES string of the molecule is CN=C(NCc1nc(C(F)(F)F)cs1)NCc1nccc2ccccc12. The number of benzene rings is 1. The molecule has 0 unspecified atom stereocenters. The quantitative estimate of drug-likeness (QED) is 0.537. The third-order valence-corrected chi connectivity index (χ3v) is 4.50. The molecule has 0 aliphatic heterocycles. The lowest BCUT2D eigenvalue weighted by molar-refractivity contribution is -0.140. The van der Waals surface area contributed by atoms with Gasteiger partial charge in [-0.05, 0) is 11.5 Å². The predicted octanol–water partition coefficient (Wildman–Crippen LogP) is 3.58. The lowest BCUT2D eigenvalue weighted by Gasteiger charge is -2.12. The van der Waals surface area contributed by atoms with E-state index in [4.69, 9.17) is 0 Å². The number of hydrogen-bond acceptors (Lipinski definition) is 4. The fraction of sp³-hybridized carbons (Fsp3) is 0.235. The molecule has 136 valence electrons. The number of hydrogen-bond donors (Lipinski definition) is 2. The first-order chi connectivity index (χ1) is 12.5. The summed E-state index contributed by atoms with van der Waals surface area (Å²) in [5.74, 6) is 0.462. The van der Waals surface area contributed by atoms with Crippen molar-refractivity contribution in [2.24, 2.45) is 4.99 Å². The molecule has 2 N–H and O–H groups in total. The number of nitrogens with one attached hydrogen (secondary N) is 2. The minimum absolute atomic E-state index is 0.156. The Labute approximate surface area is 152 Å². The predicted molar refractivity (Wildman–Crippen MR) is 95.9 cm³/mol. The number of guanidine groups is 1. The zero-order chi connectivity index (χ0) is 18.6. The highest BCUT2D eigenvalue weighted by Gasteiger charge is 2.33. The molecule has 0 saturated carbocycles. The van der Waals surface area contributed by atoms with Crippen molar-refractivity contribution in [2.75, 3.05) is 7.05 Å². The van der Waals surface area contributed by atoms with Gasteiger partial charge < -0.3 is 10.6 Å². The molecule has 3 rings (SSSR count). The van der Waals surface area contributed by atoms with Gasteiger partial charge in [0.05, 0.1) is 18.8 Å². The van der Waals surface area contributed by atoms with Crippen molar-refractivity contribution < 1.29 is 13.2 Å². The molecule has 1 aromatic carbocycles. The molecule has 0 spiro atoms. The fourth-order valence-electron chi connectivity index (χ4n) is 2.39. The summed E-state index contributed by atoms with van der Waals surface area (Å²) in [6.07, 6.45) is -2.68. The first-order valence-electron chi connectivity index (χ1n) is 7.76. The third-order valence-electron chi connectivity index (χ3n) is 3.65. The average molecular weight is 379 g/mol. The topological polar surface area (TPSA) is 62.2 Å². The van der Waals surface area contributed by atoms with E-state index in [2.05, 4.69) is 25.6 Å². The maximum atomic E-state index is 12.6. The Morgan fingerprint density at radius 3 is 2.65 bits per heavy atom. The fourth-order valence-corrected chi connectivity index (χ4v) is 3.13. The van der Waals surface area contributed by atoms with E-state index in [0.717, 1.165) is 33.2 Å². The molecule has 0 aliphatic rings. The summed E-state index contributed by atoms with van der Waals surface area (Å²) >= 11 is 0.956. The van der Waals surface area contributed by atoms with Gasteiger partial charge in [0.2, 0.25) is 0 Å². The van der Waals surface area contributed by atoms with E-state index in [0.29, 0.717) is 17.5 Å². The first-order valence-corrected chi connectivity index (χ1v) is 8.64. The standard InChI is InChI=1S/C17H16F3N5S/c1-21-16(24-9-15-25-14(10-26-15)17(18,19)20)23-8-13-12-5-3-2-4-11(12)6-7-22-13/h2-7,10H,8-9H2,1H3,(H2,21,23,24). The molecular weight excluding hydrogens is 363 g/mol. The van der Waals surface area contributed by atoms with Crippen LogP contribution in [0.1, 0.15) is 16.4 Å². The van der Waals surface area contributed by atoms with Crippen LogP contribution in [0, 0.1) is 0 Å². The van der Waals surface area contributed by atoms with Crippen LogP contribution in [-0.4, -0.2) is 23.0 Å². The Kier molecular flexibility index (Phi) is 5.36. The van der Waals surface area contributed by atoms with E-state index in [1.54, 1.807) is 13.2 Å². The van der Waals surface area contributed by atoms with Crippen LogP contribution in [0.3, 0.4) is 0 Å². The molecule has 0 radical (unpaired) electrons. The molecule has 9 heteroatoms. The second-order valence-corrected chi connectivity index (χ2v) is 6.32. The van der Waals surface area contributed by atoms with Gasteiger partial charge in [-0.1, -0.05) is 24.3 Å². The zero-order valence-electron chi connectivity index (χ0n) is 13.8. The van der Waals surface area contributed by atoms with Crippen LogP contribution in [0.2, 0.25) is 0 Å². The summed E-state index contributed by atoms with van der Waals surface area (Å²) in [4.78, 5) is 12.0. The maximum Gasteiger partial charge on any atom is 0.434 e. The molecule has 0 saturated heterocycles. The largest absolute Gasteiger partial charge is 0.434 e. The highest BCUT2D eigenvalue weighted by molar-refractivity contribution is 7.09. The first kappa shape index (κ1) is 18.1. The van der Waals surface area contributed by atoms with E-state index in [-0.39, 0.29) is 6.54 Å². The summed E-state index contributed by atoms with van der Waals surface area (Å²) in [6.45, 7) is 0.593. The van der Waals surface area contributed by atoms with Crippen molar-refractivity contribution in [1.82, 2.24) is 20.6 Å². The van der Waals surface area contributed by atoms with Gasteiger partial charge in [0, 0.05) is 24.0 Å². The normalized spacial score (nSPS) is 12.4. The van der Waals surface area contributed by atoms with Crippen LogP contribution in [0.4, 0.5) is 13.2 Å². The highest BCUT2D eigenvalue weighted by Crippen LogP contribution is 2.29. The second kappa shape index (κ2) is 7.69. The summed E-state index contributed by atoms with van der Waals surface area (Å²) in [5.41, 5.74) is -0.0122. The molecule has 0 bridgehead atoms. The Morgan fingerprint density at radius 1 is 1.15 bits per heavy atom. The van der Waals surface area contributed by atoms with Crippen molar-refractivity contribution in [1.29, 1.82) is 0 Å². The van der Waals surface area contributed by atoms with Crippen LogP contribution < -0.4 is 10.6 Å². The minimum atomic E-state index is -4.42. The average Bonchev–Trinajstić information content (AvgIpc) is 3.11. The van der Waals surface area contributed by atoms with Crippen LogP contribution in [0.15, 0.2) is 46.9 Å². The number of alkyl halides is 3. The number of pyridine rings is 1. The van der Waals surface area contributed by atoms with Gasteiger partial charge in [-0.15, -0.1) is 11.3 Å². The molecule has 2 aromatic heterocycles. The van der Waals surface area contributed by atoms with Crippen molar-refractivity contribution >= 4 is 28.1 Å². The maximum absolute atomic E-state index is 12.6. The molecular formula is C17H16F3N5S. The van der Waals surface area contributed by atoms with Gasteiger partial charge in [0.25, 0.3) is 0 Å². The van der Waals surface area contributed by atoms with E-state index in [1.807, 2.05) is 30.3 Å². The lowest BCUT2D eigenvalue weighted by Crippen LogP contribution is -2.36. The number of aromatic nitrogens is 2. The Balaban J connectivity index is 1.61. The van der Waals surface area contributed by atoms with Crippen molar-refractivity contribution in [2.45, 2.75) is 19.3 Å². The summed E-state index contributed by atoms with van der Waals surface area (Å²) in [5, 5.41) is 9.54. The second-order valence-electron chi connectivity index (χ2n) is 5.38. The van der Waals surface area contributed by atoms with Gasteiger partial charge in [-0.3, -0.25) is 9.98 Å². The van der Waals surface area contributed by atoms with Gasteiger partial charge in [0.1, 0.15) is 5.01 Å². The highest BCUT2D eigenvalue weighted by atomic mass is 32.1. The van der Waals surface area contributed by atoms with Crippen LogP contribution in [0.5, 0.6) is 0 Å². The molecule has 0 aliphatic carbocycles. The van der Waals surface area contributed by atoms with E-state index in [9.17, 15) is 13.2 Å². The summed E-state index contributed by atoms with van der Waals surface area (Å²) < 4.78 is 37.7. The zero-order valence-corrected chi connectivity index (χ0v) is 14.7. The number of nitrogens with zero attached hydrogens (tertiary/aromatic N) is 3. The van der Waals surface area contributed by atoms with Crippen LogP contribution in [0.25, 0.3) is 10.8 Å². The Bertz CT molecular complexity index is 915. The summed E-state index contributed by atoms with van der Waals surface area (Å²) in [7, 11) is 1.59. The van der Waals surface area contributed by atoms with Crippen molar-refractivity contribution in [3.63, 3.8) is 0 Å².